The Morgan fingerprint density at radius 2 is 2.09 bits per heavy atom. The number of ether oxygens (including phenoxy) is 2. The largest absolute Gasteiger partial charge is 0.503 e. The zero-order chi connectivity index (χ0) is 24.2. The fraction of sp³-hybridized carbons (Fsp3) is 0.400. The molecule has 8 nitrogen and oxygen atoms in total. The van der Waals surface area contributed by atoms with Crippen molar-refractivity contribution < 1.29 is 24.2 Å². The summed E-state index contributed by atoms with van der Waals surface area (Å²) in [5, 5.41) is 11.7. The predicted octanol–water partition coefficient (Wildman–Crippen LogP) is 3.24. The number of aliphatic hydroxyl groups is 1. The van der Waals surface area contributed by atoms with Gasteiger partial charge in [0.25, 0.3) is 5.91 Å². The molecule has 1 fully saturated rings. The quantitative estimate of drug-likeness (QED) is 0.432. The summed E-state index contributed by atoms with van der Waals surface area (Å²) < 4.78 is 11.1. The number of hydrogen-bond acceptors (Lipinski definition) is 8. The van der Waals surface area contributed by atoms with Crippen molar-refractivity contribution >= 4 is 23.0 Å². The zero-order valence-electron chi connectivity index (χ0n) is 19.5. The Morgan fingerprint density at radius 1 is 1.32 bits per heavy atom. The molecule has 2 aliphatic rings. The summed E-state index contributed by atoms with van der Waals surface area (Å²) in [4.78, 5) is 35.4. The Balaban J connectivity index is 1.70. The van der Waals surface area contributed by atoms with Gasteiger partial charge in [0, 0.05) is 26.2 Å². The minimum atomic E-state index is -0.727. The molecule has 0 radical (unpaired) electrons. The summed E-state index contributed by atoms with van der Waals surface area (Å²) in [5.74, 6) is -0.816. The molecule has 1 atom stereocenters. The van der Waals surface area contributed by atoms with E-state index in [1.54, 1.807) is 24.0 Å². The molecule has 1 aromatic heterocycles. The number of ketones is 1. The van der Waals surface area contributed by atoms with E-state index in [4.69, 9.17) is 9.47 Å². The van der Waals surface area contributed by atoms with Gasteiger partial charge < -0.3 is 19.5 Å². The Bertz CT molecular complexity index is 1120. The molecule has 2 aliphatic heterocycles. The second kappa shape index (κ2) is 10.5. The third-order valence-electron chi connectivity index (χ3n) is 5.96. The van der Waals surface area contributed by atoms with Gasteiger partial charge in [-0.25, -0.2) is 4.98 Å². The summed E-state index contributed by atoms with van der Waals surface area (Å²) in [6.07, 6.45) is 1.65. The Labute approximate surface area is 203 Å². The molecule has 2 aromatic rings. The molecule has 3 heterocycles. The average molecular weight is 484 g/mol. The minimum Gasteiger partial charge on any atom is -0.503 e. The second-order valence-electron chi connectivity index (χ2n) is 8.27. The van der Waals surface area contributed by atoms with Crippen LogP contribution in [-0.4, -0.2) is 77.6 Å². The van der Waals surface area contributed by atoms with Gasteiger partial charge in [0.2, 0.25) is 5.78 Å². The van der Waals surface area contributed by atoms with Crippen LogP contribution in [0.5, 0.6) is 5.75 Å². The summed E-state index contributed by atoms with van der Waals surface area (Å²) in [7, 11) is 0. The number of aromatic nitrogens is 1. The van der Waals surface area contributed by atoms with E-state index >= 15 is 0 Å². The van der Waals surface area contributed by atoms with E-state index in [2.05, 4.69) is 16.5 Å². The van der Waals surface area contributed by atoms with E-state index in [0.29, 0.717) is 54.8 Å². The first-order valence-electron chi connectivity index (χ1n) is 11.3. The van der Waals surface area contributed by atoms with Gasteiger partial charge in [0.1, 0.15) is 12.4 Å². The van der Waals surface area contributed by atoms with Crippen LogP contribution in [0.15, 0.2) is 48.3 Å². The first-order chi connectivity index (χ1) is 16.4. The van der Waals surface area contributed by atoms with E-state index < -0.39 is 17.7 Å². The summed E-state index contributed by atoms with van der Waals surface area (Å²) in [6.45, 7) is 11.4. The fourth-order valence-corrected chi connectivity index (χ4v) is 5.20. The van der Waals surface area contributed by atoms with Crippen LogP contribution >= 0.6 is 11.3 Å². The van der Waals surface area contributed by atoms with Crippen molar-refractivity contribution in [1.29, 1.82) is 0 Å². The fourth-order valence-electron chi connectivity index (χ4n) is 4.33. The van der Waals surface area contributed by atoms with Gasteiger partial charge in [0.15, 0.2) is 5.76 Å². The van der Waals surface area contributed by atoms with E-state index in [1.165, 1.54) is 11.3 Å². The van der Waals surface area contributed by atoms with Crippen molar-refractivity contribution in [2.75, 3.05) is 46.0 Å². The van der Waals surface area contributed by atoms with Crippen LogP contribution in [0.1, 0.15) is 32.0 Å². The van der Waals surface area contributed by atoms with Crippen LogP contribution in [0.2, 0.25) is 0 Å². The summed E-state index contributed by atoms with van der Waals surface area (Å²) >= 11 is 1.27. The smallest absolute Gasteiger partial charge is 0.290 e. The van der Waals surface area contributed by atoms with Crippen LogP contribution in [0, 0.1) is 13.8 Å². The van der Waals surface area contributed by atoms with E-state index in [0.717, 1.165) is 18.1 Å². The van der Waals surface area contributed by atoms with Crippen LogP contribution in [0.3, 0.4) is 0 Å². The molecule has 1 amide bonds. The van der Waals surface area contributed by atoms with Crippen molar-refractivity contribution in [2.24, 2.45) is 0 Å². The Hall–Kier alpha value is -3.01. The van der Waals surface area contributed by atoms with Gasteiger partial charge in [-0.3, -0.25) is 14.5 Å². The summed E-state index contributed by atoms with van der Waals surface area (Å²) in [5.41, 5.74) is 1.37. The van der Waals surface area contributed by atoms with Gasteiger partial charge in [-0.2, -0.15) is 0 Å². The molecule has 34 heavy (non-hydrogen) atoms. The third kappa shape index (κ3) is 4.91. The van der Waals surface area contributed by atoms with Gasteiger partial charge in [-0.15, -0.1) is 11.3 Å². The van der Waals surface area contributed by atoms with Crippen LogP contribution in [-0.2, 0) is 9.53 Å². The molecule has 0 saturated carbocycles. The number of Topliss-reactive ketones (excluding diaryl/α,β-unsaturated/α-hetero) is 1. The van der Waals surface area contributed by atoms with E-state index in [-0.39, 0.29) is 11.4 Å². The number of thiazole rings is 1. The lowest BCUT2D eigenvalue weighted by atomic mass is 9.95. The monoisotopic (exact) mass is 483 g/mol. The highest BCUT2D eigenvalue weighted by atomic mass is 32.1. The van der Waals surface area contributed by atoms with Crippen molar-refractivity contribution in [2.45, 2.75) is 19.9 Å². The lowest BCUT2D eigenvalue weighted by Gasteiger charge is -2.31. The molecule has 9 heteroatoms. The number of morpholine rings is 1. The lowest BCUT2D eigenvalue weighted by Crippen LogP contribution is -2.43. The minimum absolute atomic E-state index is 0.0830. The third-order valence-corrected chi connectivity index (χ3v) is 7.03. The van der Waals surface area contributed by atoms with Crippen LogP contribution in [0.4, 0.5) is 0 Å². The van der Waals surface area contributed by atoms with Crippen LogP contribution < -0.4 is 4.74 Å². The molecule has 4 rings (SSSR count). The lowest BCUT2D eigenvalue weighted by molar-refractivity contribution is -0.129. The normalized spacial score (nSPS) is 19.1. The molecule has 1 aromatic carbocycles. The number of benzene rings is 1. The first kappa shape index (κ1) is 24.1. The second-order valence-corrected chi connectivity index (χ2v) is 9.47. The predicted molar refractivity (Wildman–Crippen MR) is 129 cm³/mol. The van der Waals surface area contributed by atoms with Crippen molar-refractivity contribution in [3.05, 3.63) is 69.4 Å². The van der Waals surface area contributed by atoms with Gasteiger partial charge in [-0.1, -0.05) is 24.8 Å². The number of amides is 1. The molecular weight excluding hydrogens is 454 g/mol. The number of nitrogens with zero attached hydrogens (tertiary/aromatic N) is 3. The zero-order valence-corrected chi connectivity index (χ0v) is 20.3. The van der Waals surface area contributed by atoms with E-state index in [9.17, 15) is 14.7 Å². The average Bonchev–Trinajstić information content (AvgIpc) is 3.31. The number of carbonyl (C=O) groups is 2. The molecule has 1 N–H and O–H groups in total. The summed E-state index contributed by atoms with van der Waals surface area (Å²) in [6, 6.07) is 6.55. The first-order valence-corrected chi connectivity index (χ1v) is 12.1. The van der Waals surface area contributed by atoms with Crippen molar-refractivity contribution in [1.82, 2.24) is 14.8 Å². The molecule has 0 bridgehead atoms. The van der Waals surface area contributed by atoms with Crippen LogP contribution in [0.25, 0.3) is 0 Å². The topological polar surface area (TPSA) is 92.2 Å². The maximum absolute atomic E-state index is 13.6. The molecule has 1 saturated heterocycles. The maximum Gasteiger partial charge on any atom is 0.290 e. The molecule has 0 spiro atoms. The number of aryl methyl sites for hydroxylation is 2. The van der Waals surface area contributed by atoms with Gasteiger partial charge in [-0.05, 0) is 31.5 Å². The SMILES string of the molecule is C=CCOc1cccc(C2C(C(=O)c3sc(C)nc3C)=C(O)C(=O)N2CCN2CCOCC2)c1. The highest BCUT2D eigenvalue weighted by Gasteiger charge is 2.44. The maximum atomic E-state index is 13.6. The van der Waals surface area contributed by atoms with Crippen molar-refractivity contribution in [3.63, 3.8) is 0 Å². The Kier molecular flexibility index (Phi) is 7.45. The molecule has 180 valence electrons. The highest BCUT2D eigenvalue weighted by Crippen LogP contribution is 2.40. The highest BCUT2D eigenvalue weighted by molar-refractivity contribution is 7.14. The van der Waals surface area contributed by atoms with Gasteiger partial charge >= 0.3 is 0 Å². The molecular formula is C25H29N3O5S. The number of hydrogen-bond donors (Lipinski definition) is 1. The standard InChI is InChI=1S/C25H29N3O5S/c1-4-12-33-19-7-5-6-18(15-19)21-20(22(29)24-16(2)26-17(3)34-24)23(30)25(31)28(21)9-8-27-10-13-32-14-11-27/h4-7,15,21,30H,1,8-14H2,2-3H3. The Morgan fingerprint density at radius 3 is 2.76 bits per heavy atom. The molecule has 1 unspecified atom stereocenters. The number of rotatable bonds is 9. The molecule has 0 aliphatic carbocycles. The number of carbonyl (C=O) groups excluding carboxylic acids is 2. The van der Waals surface area contributed by atoms with Gasteiger partial charge in [0.05, 0.1) is 40.4 Å². The van der Waals surface area contributed by atoms with E-state index in [1.807, 2.05) is 25.1 Å². The number of aliphatic hydroxyl groups excluding tert-OH is 1. The van der Waals surface area contributed by atoms with Crippen molar-refractivity contribution in [3.8, 4) is 5.75 Å².